The van der Waals surface area contributed by atoms with Gasteiger partial charge in [-0.05, 0) is 37.2 Å². The van der Waals surface area contributed by atoms with Crippen LogP contribution in [0.5, 0.6) is 0 Å². The minimum absolute atomic E-state index is 0.128. The molecular formula is C12H14N4O4S. The minimum Gasteiger partial charge on any atom is -0.389 e. The quantitative estimate of drug-likeness (QED) is 0.642. The number of nitro benzene ring substituents is 1. The molecule has 1 aromatic heterocycles. The summed E-state index contributed by atoms with van der Waals surface area (Å²) in [7, 11) is 0. The summed E-state index contributed by atoms with van der Waals surface area (Å²) in [5.74, 6) is 0. The van der Waals surface area contributed by atoms with Crippen molar-refractivity contribution in [1.82, 2.24) is 14.8 Å². The molecule has 0 saturated heterocycles. The van der Waals surface area contributed by atoms with Crippen LogP contribution in [-0.2, 0) is 6.54 Å². The van der Waals surface area contributed by atoms with E-state index in [0.29, 0.717) is 22.2 Å². The van der Waals surface area contributed by atoms with Crippen molar-refractivity contribution in [1.29, 1.82) is 0 Å². The van der Waals surface area contributed by atoms with Crippen molar-refractivity contribution < 1.29 is 10.0 Å². The molecule has 1 heterocycles. The van der Waals surface area contributed by atoms with Gasteiger partial charge in [-0.3, -0.25) is 14.7 Å². The molecule has 0 aliphatic rings. The maximum absolute atomic E-state index is 11.5. The number of nitrogens with zero attached hydrogens (tertiary/aromatic N) is 3. The fraction of sp³-hybridized carbons (Fsp3) is 0.333. The van der Waals surface area contributed by atoms with Gasteiger partial charge in [0.15, 0.2) is 5.16 Å². The van der Waals surface area contributed by atoms with Gasteiger partial charge in [-0.25, -0.2) is 9.89 Å². The third-order valence-corrected chi connectivity index (χ3v) is 3.96. The molecule has 2 rings (SSSR count). The number of rotatable bonds is 5. The summed E-state index contributed by atoms with van der Waals surface area (Å²) in [6.07, 6.45) is -0.790. The second-order valence-corrected chi connectivity index (χ2v) is 5.33. The van der Waals surface area contributed by atoms with E-state index in [2.05, 4.69) is 10.2 Å². The molecule has 2 aromatic rings. The first-order valence-corrected chi connectivity index (χ1v) is 7.05. The molecule has 9 heteroatoms. The first kappa shape index (κ1) is 15.3. The molecule has 2 N–H and O–H groups in total. The number of hydrogen-bond acceptors (Lipinski definition) is 6. The highest BCUT2D eigenvalue weighted by Crippen LogP contribution is 2.35. The number of aromatic amines is 1. The summed E-state index contributed by atoms with van der Waals surface area (Å²) in [5, 5.41) is 27.2. The van der Waals surface area contributed by atoms with E-state index in [-0.39, 0.29) is 11.4 Å². The molecule has 0 radical (unpaired) electrons. The molecule has 1 atom stereocenters. The Morgan fingerprint density at radius 1 is 1.57 bits per heavy atom. The van der Waals surface area contributed by atoms with E-state index in [1.807, 2.05) is 0 Å². The zero-order valence-electron chi connectivity index (χ0n) is 11.4. The van der Waals surface area contributed by atoms with Gasteiger partial charge < -0.3 is 5.11 Å². The summed E-state index contributed by atoms with van der Waals surface area (Å²) in [6, 6.07) is 4.49. The topological polar surface area (TPSA) is 114 Å². The van der Waals surface area contributed by atoms with E-state index in [1.54, 1.807) is 19.1 Å². The molecule has 0 bridgehead atoms. The molecule has 1 aromatic carbocycles. The molecule has 0 unspecified atom stereocenters. The van der Waals surface area contributed by atoms with E-state index in [0.717, 1.165) is 11.8 Å². The lowest BCUT2D eigenvalue weighted by Gasteiger charge is -2.07. The van der Waals surface area contributed by atoms with Gasteiger partial charge in [0.25, 0.3) is 5.69 Å². The van der Waals surface area contributed by atoms with Crippen molar-refractivity contribution in [2.24, 2.45) is 0 Å². The average molecular weight is 310 g/mol. The molecule has 0 fully saturated rings. The van der Waals surface area contributed by atoms with Crippen LogP contribution in [0.2, 0.25) is 0 Å². The van der Waals surface area contributed by atoms with Gasteiger partial charge in [0, 0.05) is 12.6 Å². The molecule has 0 aliphatic heterocycles. The smallest absolute Gasteiger partial charge is 0.343 e. The Morgan fingerprint density at radius 2 is 2.29 bits per heavy atom. The van der Waals surface area contributed by atoms with Gasteiger partial charge in [-0.15, -0.1) is 5.10 Å². The Morgan fingerprint density at radius 3 is 2.86 bits per heavy atom. The van der Waals surface area contributed by atoms with Gasteiger partial charge in [0.1, 0.15) is 0 Å². The third kappa shape index (κ3) is 3.14. The number of aromatic nitrogens is 3. The fourth-order valence-corrected chi connectivity index (χ4v) is 2.77. The first-order valence-electron chi connectivity index (χ1n) is 6.23. The summed E-state index contributed by atoms with van der Waals surface area (Å²) in [5.41, 5.74) is -0.0271. The number of benzene rings is 1. The van der Waals surface area contributed by atoms with Crippen LogP contribution in [0.1, 0.15) is 25.5 Å². The number of nitro groups is 1. The Kier molecular flexibility index (Phi) is 4.43. The van der Waals surface area contributed by atoms with Crippen LogP contribution in [0.15, 0.2) is 33.0 Å². The molecule has 0 spiro atoms. The molecular weight excluding hydrogens is 296 g/mol. The summed E-state index contributed by atoms with van der Waals surface area (Å²) in [6.45, 7) is 3.73. The Balaban J connectivity index is 2.44. The van der Waals surface area contributed by atoms with Crippen LogP contribution < -0.4 is 5.69 Å². The summed E-state index contributed by atoms with van der Waals surface area (Å²) in [4.78, 5) is 22.5. The van der Waals surface area contributed by atoms with Crippen LogP contribution in [0.4, 0.5) is 5.69 Å². The highest BCUT2D eigenvalue weighted by molar-refractivity contribution is 7.99. The maximum atomic E-state index is 11.5. The summed E-state index contributed by atoms with van der Waals surface area (Å²) >= 11 is 1.03. The van der Waals surface area contributed by atoms with Gasteiger partial charge in [0.2, 0.25) is 0 Å². The lowest BCUT2D eigenvalue weighted by molar-refractivity contribution is -0.387. The number of aliphatic hydroxyl groups excluding tert-OH is 1. The number of nitrogens with one attached hydrogen (secondary N) is 1. The lowest BCUT2D eigenvalue weighted by Crippen LogP contribution is -2.16. The molecule has 21 heavy (non-hydrogen) atoms. The first-order chi connectivity index (χ1) is 9.93. The van der Waals surface area contributed by atoms with Crippen LogP contribution in [-0.4, -0.2) is 24.8 Å². The van der Waals surface area contributed by atoms with Gasteiger partial charge in [-0.2, -0.15) is 0 Å². The molecule has 112 valence electrons. The number of aliphatic hydroxyl groups is 1. The third-order valence-electron chi connectivity index (χ3n) is 2.90. The SMILES string of the molecule is CCn1c(Sc2ccc([C@H](C)O)cc2[N+](=O)[O-])n[nH]c1=O. The second kappa shape index (κ2) is 6.10. The zero-order valence-corrected chi connectivity index (χ0v) is 12.3. The van der Waals surface area contributed by atoms with Crippen molar-refractivity contribution >= 4 is 17.4 Å². The van der Waals surface area contributed by atoms with Crippen molar-refractivity contribution in [3.8, 4) is 0 Å². The minimum atomic E-state index is -0.790. The summed E-state index contributed by atoms with van der Waals surface area (Å²) < 4.78 is 1.39. The van der Waals surface area contributed by atoms with Crippen molar-refractivity contribution in [2.45, 2.75) is 36.5 Å². The van der Waals surface area contributed by atoms with E-state index in [9.17, 15) is 20.0 Å². The normalized spacial score (nSPS) is 12.3. The predicted octanol–water partition coefficient (Wildman–Crippen LogP) is 1.70. The van der Waals surface area contributed by atoms with E-state index in [4.69, 9.17) is 0 Å². The van der Waals surface area contributed by atoms with Crippen LogP contribution in [0, 0.1) is 10.1 Å². The van der Waals surface area contributed by atoms with Crippen molar-refractivity contribution in [3.63, 3.8) is 0 Å². The lowest BCUT2D eigenvalue weighted by atomic mass is 10.1. The largest absolute Gasteiger partial charge is 0.389 e. The standard InChI is InChI=1S/C12H14N4O4S/c1-3-15-11(18)13-14-12(15)21-10-5-4-8(7(2)17)6-9(10)16(19)20/h4-7,17H,3H2,1-2H3,(H,13,18)/t7-/m0/s1. The molecule has 8 nitrogen and oxygen atoms in total. The Hall–Kier alpha value is -2.13. The van der Waals surface area contributed by atoms with Crippen LogP contribution in [0.25, 0.3) is 0 Å². The van der Waals surface area contributed by atoms with Crippen LogP contribution in [0.3, 0.4) is 0 Å². The zero-order chi connectivity index (χ0) is 15.6. The molecule has 0 amide bonds. The highest BCUT2D eigenvalue weighted by Gasteiger charge is 2.19. The van der Waals surface area contributed by atoms with Gasteiger partial charge in [0.05, 0.1) is 15.9 Å². The predicted molar refractivity (Wildman–Crippen MR) is 76.4 cm³/mol. The van der Waals surface area contributed by atoms with Gasteiger partial charge in [-0.1, -0.05) is 6.07 Å². The monoisotopic (exact) mass is 310 g/mol. The van der Waals surface area contributed by atoms with Gasteiger partial charge >= 0.3 is 5.69 Å². The van der Waals surface area contributed by atoms with Crippen molar-refractivity contribution in [3.05, 3.63) is 44.4 Å². The Bertz CT molecular complexity index is 722. The van der Waals surface area contributed by atoms with E-state index < -0.39 is 11.0 Å². The highest BCUT2D eigenvalue weighted by atomic mass is 32.2. The number of H-pyrrole nitrogens is 1. The Labute approximate surface area is 124 Å². The average Bonchev–Trinajstić information content (AvgIpc) is 2.78. The molecule has 0 saturated carbocycles. The van der Waals surface area contributed by atoms with Crippen molar-refractivity contribution in [2.75, 3.05) is 0 Å². The molecule has 0 aliphatic carbocycles. The maximum Gasteiger partial charge on any atom is 0.343 e. The van der Waals surface area contributed by atoms with E-state index >= 15 is 0 Å². The van der Waals surface area contributed by atoms with E-state index in [1.165, 1.54) is 17.6 Å². The fourth-order valence-electron chi connectivity index (χ4n) is 1.78. The van der Waals surface area contributed by atoms with Crippen LogP contribution >= 0.6 is 11.8 Å². The second-order valence-electron chi connectivity index (χ2n) is 4.32. The number of hydrogen-bond donors (Lipinski definition) is 2.